The third-order valence-corrected chi connectivity index (χ3v) is 3.07. The van der Waals surface area contributed by atoms with Crippen molar-refractivity contribution in [2.45, 2.75) is 71.2 Å². The Labute approximate surface area is 99.6 Å². The molecule has 0 bridgehead atoms. The molecule has 3 heteroatoms. The summed E-state index contributed by atoms with van der Waals surface area (Å²) in [5.74, 6) is 0.479. The number of rotatable bonds is 5. The second kappa shape index (κ2) is 5.48. The molecule has 16 heavy (non-hydrogen) atoms. The molecule has 1 fully saturated rings. The first-order chi connectivity index (χ1) is 7.31. The molecule has 0 saturated heterocycles. The maximum absolute atomic E-state index is 9.22. The summed E-state index contributed by atoms with van der Waals surface area (Å²) in [4.78, 5) is 0. The molecular formula is C13H27NO2. The summed E-state index contributed by atoms with van der Waals surface area (Å²) in [6, 6.07) is 0.743. The molecule has 1 rings (SSSR count). The van der Waals surface area contributed by atoms with Crippen LogP contribution in [0.5, 0.6) is 0 Å². The van der Waals surface area contributed by atoms with Crippen molar-refractivity contribution in [2.75, 3.05) is 6.61 Å². The predicted molar refractivity (Wildman–Crippen MR) is 66.5 cm³/mol. The molecule has 1 aliphatic rings. The van der Waals surface area contributed by atoms with Crippen LogP contribution >= 0.6 is 0 Å². The monoisotopic (exact) mass is 229 g/mol. The van der Waals surface area contributed by atoms with E-state index in [0.717, 1.165) is 12.8 Å². The number of nitrogens with one attached hydrogen (secondary N) is 1. The number of aliphatic hydroxyl groups is 1. The lowest BCUT2D eigenvalue weighted by Gasteiger charge is -2.41. The van der Waals surface area contributed by atoms with Crippen molar-refractivity contribution in [3.8, 4) is 0 Å². The smallest absolute Gasteiger partial charge is 0.0612 e. The summed E-state index contributed by atoms with van der Waals surface area (Å²) in [6.45, 7) is 10.8. The lowest BCUT2D eigenvalue weighted by molar-refractivity contribution is -0.104. The van der Waals surface area contributed by atoms with E-state index in [-0.39, 0.29) is 18.2 Å². The second-order valence-electron chi connectivity index (χ2n) is 6.22. The number of hydrogen-bond acceptors (Lipinski definition) is 3. The normalized spacial score (nSPS) is 27.9. The van der Waals surface area contributed by atoms with E-state index in [4.69, 9.17) is 4.74 Å². The maximum Gasteiger partial charge on any atom is 0.0612 e. The Morgan fingerprint density at radius 2 is 1.88 bits per heavy atom. The van der Waals surface area contributed by atoms with Gasteiger partial charge in [0.05, 0.1) is 18.3 Å². The number of ether oxygens (including phenoxy) is 1. The summed E-state index contributed by atoms with van der Waals surface area (Å²) in [5.41, 5.74) is -0.0376. The van der Waals surface area contributed by atoms with Gasteiger partial charge in [-0.05, 0) is 39.5 Å². The minimum Gasteiger partial charge on any atom is -0.395 e. The zero-order chi connectivity index (χ0) is 12.3. The molecular weight excluding hydrogens is 202 g/mol. The van der Waals surface area contributed by atoms with E-state index in [1.807, 2.05) is 0 Å². The Balaban J connectivity index is 2.21. The van der Waals surface area contributed by atoms with Crippen LogP contribution in [-0.2, 0) is 4.74 Å². The Bertz CT molecular complexity index is 204. The molecule has 0 amide bonds. The average molecular weight is 229 g/mol. The third kappa shape index (κ3) is 4.40. The van der Waals surface area contributed by atoms with Gasteiger partial charge in [-0.3, -0.25) is 0 Å². The van der Waals surface area contributed by atoms with Crippen molar-refractivity contribution in [1.82, 2.24) is 5.32 Å². The van der Waals surface area contributed by atoms with Crippen molar-refractivity contribution in [3.05, 3.63) is 0 Å². The molecule has 1 aliphatic carbocycles. The van der Waals surface area contributed by atoms with Crippen LogP contribution in [0.15, 0.2) is 0 Å². The SMILES string of the molecule is CC(C)[C@@H](CO)NC1CC(OC(C)(C)C)C1. The van der Waals surface area contributed by atoms with Gasteiger partial charge in [0.25, 0.3) is 0 Å². The van der Waals surface area contributed by atoms with E-state index in [1.165, 1.54) is 0 Å². The molecule has 2 N–H and O–H groups in total. The second-order valence-corrected chi connectivity index (χ2v) is 6.22. The van der Waals surface area contributed by atoms with Gasteiger partial charge in [-0.2, -0.15) is 0 Å². The van der Waals surface area contributed by atoms with Gasteiger partial charge in [0.2, 0.25) is 0 Å². The maximum atomic E-state index is 9.22. The molecule has 1 saturated carbocycles. The molecule has 0 aromatic heterocycles. The highest BCUT2D eigenvalue weighted by Gasteiger charge is 2.34. The molecule has 0 aromatic carbocycles. The lowest BCUT2D eigenvalue weighted by Crippen LogP contribution is -2.53. The lowest BCUT2D eigenvalue weighted by atomic mass is 9.87. The van der Waals surface area contributed by atoms with Gasteiger partial charge in [0.15, 0.2) is 0 Å². The van der Waals surface area contributed by atoms with Crippen LogP contribution in [-0.4, -0.2) is 35.5 Å². The van der Waals surface area contributed by atoms with Crippen LogP contribution in [0.1, 0.15) is 47.5 Å². The van der Waals surface area contributed by atoms with Gasteiger partial charge in [0.1, 0.15) is 0 Å². The van der Waals surface area contributed by atoms with E-state index in [1.54, 1.807) is 0 Å². The van der Waals surface area contributed by atoms with Gasteiger partial charge < -0.3 is 15.2 Å². The summed E-state index contributed by atoms with van der Waals surface area (Å²) >= 11 is 0. The predicted octanol–water partition coefficient (Wildman–Crippen LogP) is 1.94. The van der Waals surface area contributed by atoms with Crippen LogP contribution in [0.4, 0.5) is 0 Å². The molecule has 1 atom stereocenters. The van der Waals surface area contributed by atoms with Crippen LogP contribution in [0, 0.1) is 5.92 Å². The molecule has 0 aliphatic heterocycles. The first-order valence-electron chi connectivity index (χ1n) is 6.36. The molecule has 96 valence electrons. The fraction of sp³-hybridized carbons (Fsp3) is 1.00. The van der Waals surface area contributed by atoms with E-state index in [0.29, 0.717) is 18.1 Å². The topological polar surface area (TPSA) is 41.5 Å². The standard InChI is InChI=1S/C13H27NO2/c1-9(2)12(8-15)14-10-6-11(7-10)16-13(3,4)5/h9-12,14-15H,6-8H2,1-5H3/t10?,11?,12-/m1/s1. The van der Waals surface area contributed by atoms with E-state index in [2.05, 4.69) is 39.9 Å². The molecule has 0 heterocycles. The highest BCUT2D eigenvalue weighted by molar-refractivity contribution is 4.90. The molecule has 0 aromatic rings. The fourth-order valence-corrected chi connectivity index (χ4v) is 2.06. The molecule has 0 radical (unpaired) electrons. The van der Waals surface area contributed by atoms with Gasteiger partial charge in [-0.1, -0.05) is 13.8 Å². The van der Waals surface area contributed by atoms with Gasteiger partial charge in [-0.25, -0.2) is 0 Å². The summed E-state index contributed by atoms with van der Waals surface area (Å²) < 4.78 is 5.88. The average Bonchev–Trinajstić information content (AvgIpc) is 2.06. The molecule has 0 unspecified atom stereocenters. The van der Waals surface area contributed by atoms with Crippen molar-refractivity contribution in [3.63, 3.8) is 0 Å². The Morgan fingerprint density at radius 1 is 1.31 bits per heavy atom. The highest BCUT2D eigenvalue weighted by atomic mass is 16.5. The Kier molecular flexibility index (Phi) is 4.77. The quantitative estimate of drug-likeness (QED) is 0.757. The van der Waals surface area contributed by atoms with Crippen LogP contribution < -0.4 is 5.32 Å². The van der Waals surface area contributed by atoms with Crippen LogP contribution in [0.2, 0.25) is 0 Å². The minimum absolute atomic E-state index is 0.0376. The Morgan fingerprint density at radius 3 is 2.25 bits per heavy atom. The van der Waals surface area contributed by atoms with E-state index >= 15 is 0 Å². The zero-order valence-electron chi connectivity index (χ0n) is 11.3. The van der Waals surface area contributed by atoms with Crippen molar-refractivity contribution in [1.29, 1.82) is 0 Å². The van der Waals surface area contributed by atoms with E-state index < -0.39 is 0 Å². The number of aliphatic hydroxyl groups excluding tert-OH is 1. The fourth-order valence-electron chi connectivity index (χ4n) is 2.06. The van der Waals surface area contributed by atoms with Crippen LogP contribution in [0.25, 0.3) is 0 Å². The Hall–Kier alpha value is -0.120. The summed E-state index contributed by atoms with van der Waals surface area (Å²) in [7, 11) is 0. The summed E-state index contributed by atoms with van der Waals surface area (Å²) in [5, 5.41) is 12.7. The minimum atomic E-state index is -0.0376. The summed E-state index contributed by atoms with van der Waals surface area (Å²) in [6.07, 6.45) is 2.53. The molecule has 3 nitrogen and oxygen atoms in total. The van der Waals surface area contributed by atoms with Gasteiger partial charge >= 0.3 is 0 Å². The largest absolute Gasteiger partial charge is 0.395 e. The van der Waals surface area contributed by atoms with Crippen LogP contribution in [0.3, 0.4) is 0 Å². The first kappa shape index (κ1) is 13.9. The first-order valence-corrected chi connectivity index (χ1v) is 6.36. The number of hydrogen-bond donors (Lipinski definition) is 2. The third-order valence-electron chi connectivity index (χ3n) is 3.07. The van der Waals surface area contributed by atoms with Gasteiger partial charge in [0, 0.05) is 12.1 Å². The highest BCUT2D eigenvalue weighted by Crippen LogP contribution is 2.28. The zero-order valence-corrected chi connectivity index (χ0v) is 11.3. The molecule has 0 spiro atoms. The van der Waals surface area contributed by atoms with E-state index in [9.17, 15) is 5.11 Å². The van der Waals surface area contributed by atoms with Crippen molar-refractivity contribution in [2.24, 2.45) is 5.92 Å². The van der Waals surface area contributed by atoms with Gasteiger partial charge in [-0.15, -0.1) is 0 Å². The van der Waals surface area contributed by atoms with Crippen molar-refractivity contribution >= 4 is 0 Å². The van der Waals surface area contributed by atoms with Crippen molar-refractivity contribution < 1.29 is 9.84 Å².